The standard InChI is InChI=1S/C19H19N5O2/c1-2-26-16-8-7-14-9-10-23(12-15(14)11-16)19(25)17-5-3-4-6-18(17)24-13-20-21-22-24/h3-8,11,13H,2,9-10,12H2,1H3. The Labute approximate surface area is 151 Å². The maximum absolute atomic E-state index is 13.1. The highest BCUT2D eigenvalue weighted by Crippen LogP contribution is 2.26. The van der Waals surface area contributed by atoms with Crippen LogP contribution in [0, 0.1) is 0 Å². The van der Waals surface area contributed by atoms with Gasteiger partial charge in [0, 0.05) is 13.1 Å². The lowest BCUT2D eigenvalue weighted by Gasteiger charge is -2.29. The quantitative estimate of drug-likeness (QED) is 0.722. The monoisotopic (exact) mass is 349 g/mol. The SMILES string of the molecule is CCOc1ccc2c(c1)CN(C(=O)c1ccccc1-n1cnnn1)CC2. The lowest BCUT2D eigenvalue weighted by Crippen LogP contribution is -2.36. The molecule has 0 atom stereocenters. The topological polar surface area (TPSA) is 73.1 Å². The third-order valence-corrected chi connectivity index (χ3v) is 4.52. The third kappa shape index (κ3) is 3.03. The summed E-state index contributed by atoms with van der Waals surface area (Å²) in [7, 11) is 0. The minimum atomic E-state index is -0.0245. The molecule has 2 aromatic carbocycles. The van der Waals surface area contributed by atoms with Crippen LogP contribution in [0.15, 0.2) is 48.8 Å². The Hall–Kier alpha value is -3.22. The average Bonchev–Trinajstić information content (AvgIpc) is 3.22. The van der Waals surface area contributed by atoms with Crippen LogP contribution in [0.3, 0.4) is 0 Å². The van der Waals surface area contributed by atoms with Gasteiger partial charge in [-0.2, -0.15) is 4.68 Å². The molecule has 0 saturated heterocycles. The van der Waals surface area contributed by atoms with E-state index in [9.17, 15) is 4.79 Å². The molecule has 7 nitrogen and oxygen atoms in total. The molecule has 2 heterocycles. The fourth-order valence-corrected chi connectivity index (χ4v) is 3.26. The number of tetrazole rings is 1. The minimum absolute atomic E-state index is 0.0245. The number of ether oxygens (including phenoxy) is 1. The van der Waals surface area contributed by atoms with Crippen molar-refractivity contribution in [3.8, 4) is 11.4 Å². The van der Waals surface area contributed by atoms with Crippen LogP contribution in [0.2, 0.25) is 0 Å². The van der Waals surface area contributed by atoms with E-state index in [0.717, 1.165) is 17.7 Å². The largest absolute Gasteiger partial charge is 0.494 e. The number of hydrogen-bond acceptors (Lipinski definition) is 5. The van der Waals surface area contributed by atoms with Crippen molar-refractivity contribution < 1.29 is 9.53 Å². The van der Waals surface area contributed by atoms with E-state index in [-0.39, 0.29) is 5.91 Å². The summed E-state index contributed by atoms with van der Waals surface area (Å²) >= 11 is 0. The van der Waals surface area contributed by atoms with Crippen molar-refractivity contribution in [1.82, 2.24) is 25.1 Å². The van der Waals surface area contributed by atoms with Crippen LogP contribution in [0.5, 0.6) is 5.75 Å². The number of rotatable bonds is 4. The Morgan fingerprint density at radius 3 is 2.88 bits per heavy atom. The summed E-state index contributed by atoms with van der Waals surface area (Å²) in [6, 6.07) is 13.5. The molecule has 0 aliphatic carbocycles. The first-order valence-corrected chi connectivity index (χ1v) is 8.62. The summed E-state index contributed by atoms with van der Waals surface area (Å²) in [6.07, 6.45) is 2.33. The highest BCUT2D eigenvalue weighted by atomic mass is 16.5. The van der Waals surface area contributed by atoms with Crippen molar-refractivity contribution in [2.45, 2.75) is 19.9 Å². The first-order valence-electron chi connectivity index (χ1n) is 8.62. The fourth-order valence-electron chi connectivity index (χ4n) is 3.26. The van der Waals surface area contributed by atoms with Crippen LogP contribution in [0.25, 0.3) is 5.69 Å². The molecular weight excluding hydrogens is 330 g/mol. The highest BCUT2D eigenvalue weighted by Gasteiger charge is 2.24. The van der Waals surface area contributed by atoms with E-state index in [2.05, 4.69) is 21.6 Å². The van der Waals surface area contributed by atoms with E-state index in [1.54, 1.807) is 0 Å². The van der Waals surface area contributed by atoms with Gasteiger partial charge in [-0.25, -0.2) is 0 Å². The molecule has 0 fully saturated rings. The second kappa shape index (κ2) is 6.95. The summed E-state index contributed by atoms with van der Waals surface area (Å²) in [5.74, 6) is 0.818. The first kappa shape index (κ1) is 16.3. The Bertz CT molecular complexity index is 923. The zero-order valence-electron chi connectivity index (χ0n) is 14.5. The highest BCUT2D eigenvalue weighted by molar-refractivity contribution is 5.97. The van der Waals surface area contributed by atoms with Crippen molar-refractivity contribution in [2.24, 2.45) is 0 Å². The number of nitrogens with zero attached hydrogens (tertiary/aromatic N) is 5. The number of benzene rings is 2. The van der Waals surface area contributed by atoms with Crippen LogP contribution < -0.4 is 4.74 Å². The molecule has 0 radical (unpaired) electrons. The molecule has 0 spiro atoms. The van der Waals surface area contributed by atoms with E-state index >= 15 is 0 Å². The number of carbonyl (C=O) groups excluding carboxylic acids is 1. The third-order valence-electron chi connectivity index (χ3n) is 4.52. The van der Waals surface area contributed by atoms with Gasteiger partial charge in [0.05, 0.1) is 17.9 Å². The maximum atomic E-state index is 13.1. The van der Waals surface area contributed by atoms with E-state index < -0.39 is 0 Å². The molecule has 7 heteroatoms. The number of fused-ring (bicyclic) bond motifs is 1. The molecule has 26 heavy (non-hydrogen) atoms. The number of hydrogen-bond donors (Lipinski definition) is 0. The Balaban J connectivity index is 1.62. The molecule has 1 aliphatic rings. The summed E-state index contributed by atoms with van der Waals surface area (Å²) < 4.78 is 7.10. The first-order chi connectivity index (χ1) is 12.8. The van der Waals surface area contributed by atoms with Gasteiger partial charge in [0.1, 0.15) is 12.1 Å². The summed E-state index contributed by atoms with van der Waals surface area (Å²) in [6.45, 7) is 3.84. The molecule has 1 aromatic heterocycles. The molecule has 4 rings (SSSR count). The number of aromatic nitrogens is 4. The van der Waals surface area contributed by atoms with Crippen molar-refractivity contribution in [2.75, 3.05) is 13.2 Å². The van der Waals surface area contributed by atoms with Crippen LogP contribution in [0.4, 0.5) is 0 Å². The summed E-state index contributed by atoms with van der Waals surface area (Å²) in [5, 5.41) is 11.2. The van der Waals surface area contributed by atoms with Gasteiger partial charge < -0.3 is 9.64 Å². The van der Waals surface area contributed by atoms with Crippen molar-refractivity contribution >= 4 is 5.91 Å². The van der Waals surface area contributed by atoms with Gasteiger partial charge in [-0.1, -0.05) is 18.2 Å². The zero-order chi connectivity index (χ0) is 17.9. The number of para-hydroxylation sites is 1. The van der Waals surface area contributed by atoms with Gasteiger partial charge in [0.2, 0.25) is 0 Å². The van der Waals surface area contributed by atoms with Crippen molar-refractivity contribution in [3.63, 3.8) is 0 Å². The van der Waals surface area contributed by atoms with E-state index in [1.165, 1.54) is 16.6 Å². The normalized spacial score (nSPS) is 13.3. The average molecular weight is 349 g/mol. The van der Waals surface area contributed by atoms with E-state index in [0.29, 0.717) is 30.9 Å². The van der Waals surface area contributed by atoms with Crippen LogP contribution in [-0.2, 0) is 13.0 Å². The van der Waals surface area contributed by atoms with Crippen LogP contribution in [0.1, 0.15) is 28.4 Å². The fraction of sp³-hybridized carbons (Fsp3) is 0.263. The van der Waals surface area contributed by atoms with Gasteiger partial charge in [-0.15, -0.1) is 5.10 Å². The van der Waals surface area contributed by atoms with E-state index in [4.69, 9.17) is 4.74 Å². The molecule has 0 bridgehead atoms. The molecule has 3 aromatic rings. The number of amides is 1. The second-order valence-electron chi connectivity index (χ2n) is 6.11. The minimum Gasteiger partial charge on any atom is -0.494 e. The van der Waals surface area contributed by atoms with Gasteiger partial charge in [0.15, 0.2) is 0 Å². The molecular formula is C19H19N5O2. The summed E-state index contributed by atoms with van der Waals surface area (Å²) in [4.78, 5) is 15.0. The Kier molecular flexibility index (Phi) is 4.35. The Morgan fingerprint density at radius 2 is 2.08 bits per heavy atom. The van der Waals surface area contributed by atoms with Gasteiger partial charge >= 0.3 is 0 Å². The van der Waals surface area contributed by atoms with Gasteiger partial charge in [-0.3, -0.25) is 4.79 Å². The second-order valence-corrected chi connectivity index (χ2v) is 6.11. The Morgan fingerprint density at radius 1 is 1.19 bits per heavy atom. The van der Waals surface area contributed by atoms with Gasteiger partial charge in [-0.05, 0) is 59.2 Å². The molecule has 1 aliphatic heterocycles. The lowest BCUT2D eigenvalue weighted by molar-refractivity contribution is 0.0734. The molecule has 132 valence electrons. The maximum Gasteiger partial charge on any atom is 0.256 e. The van der Waals surface area contributed by atoms with E-state index in [1.807, 2.05) is 48.2 Å². The van der Waals surface area contributed by atoms with Crippen molar-refractivity contribution in [3.05, 3.63) is 65.5 Å². The van der Waals surface area contributed by atoms with Crippen LogP contribution in [-0.4, -0.2) is 44.2 Å². The zero-order valence-corrected chi connectivity index (χ0v) is 14.5. The summed E-state index contributed by atoms with van der Waals surface area (Å²) in [5.41, 5.74) is 3.67. The predicted molar refractivity (Wildman–Crippen MR) is 95.2 cm³/mol. The molecule has 0 saturated carbocycles. The molecule has 0 unspecified atom stereocenters. The smallest absolute Gasteiger partial charge is 0.256 e. The molecule has 1 amide bonds. The van der Waals surface area contributed by atoms with Crippen molar-refractivity contribution in [1.29, 1.82) is 0 Å². The predicted octanol–water partition coefficient (Wildman–Crippen LogP) is 2.26. The molecule has 0 N–H and O–H groups in total. The van der Waals surface area contributed by atoms with Crippen LogP contribution >= 0.6 is 0 Å². The number of carbonyl (C=O) groups is 1. The van der Waals surface area contributed by atoms with Gasteiger partial charge in [0.25, 0.3) is 5.91 Å². The lowest BCUT2D eigenvalue weighted by atomic mass is 9.98.